The number of benzene rings is 1. The summed E-state index contributed by atoms with van der Waals surface area (Å²) in [6.07, 6.45) is 0. The number of morpholine rings is 1. The van der Waals surface area contributed by atoms with E-state index >= 15 is 0 Å². The molecule has 0 radical (unpaired) electrons. The predicted octanol–water partition coefficient (Wildman–Crippen LogP) is 1.35. The molecule has 0 atom stereocenters. The number of hydrogen-bond acceptors (Lipinski definition) is 4. The van der Waals surface area contributed by atoms with Gasteiger partial charge in [0.25, 0.3) is 0 Å². The normalized spacial score (nSPS) is 14.8. The lowest BCUT2D eigenvalue weighted by atomic mass is 10.1. The molecule has 0 spiro atoms. The monoisotopic (exact) mass is 364 g/mol. The Morgan fingerprint density at radius 1 is 1.16 bits per heavy atom. The van der Waals surface area contributed by atoms with Crippen molar-refractivity contribution in [3.63, 3.8) is 0 Å². The highest BCUT2D eigenvalue weighted by Crippen LogP contribution is 2.21. The molecule has 1 aromatic carbocycles. The van der Waals surface area contributed by atoms with Crippen molar-refractivity contribution >= 4 is 28.9 Å². The van der Waals surface area contributed by atoms with Crippen molar-refractivity contribution < 1.29 is 9.53 Å². The Hall–Kier alpha value is -1.70. The van der Waals surface area contributed by atoms with Gasteiger partial charge in [-0.25, -0.2) is 0 Å². The zero-order valence-electron chi connectivity index (χ0n) is 15.3. The summed E-state index contributed by atoms with van der Waals surface area (Å²) in [5, 5.41) is 9.55. The van der Waals surface area contributed by atoms with E-state index in [0.29, 0.717) is 5.11 Å². The van der Waals surface area contributed by atoms with E-state index in [-0.39, 0.29) is 12.5 Å². The zero-order chi connectivity index (χ0) is 18.2. The van der Waals surface area contributed by atoms with E-state index in [1.807, 2.05) is 20.8 Å². The van der Waals surface area contributed by atoms with Gasteiger partial charge in [-0.3, -0.25) is 9.69 Å². The van der Waals surface area contributed by atoms with Crippen LogP contribution in [0.15, 0.2) is 12.1 Å². The van der Waals surface area contributed by atoms with Crippen molar-refractivity contribution in [1.29, 1.82) is 0 Å². The molecule has 138 valence electrons. The van der Waals surface area contributed by atoms with Crippen molar-refractivity contribution in [3.05, 3.63) is 28.8 Å². The van der Waals surface area contributed by atoms with Gasteiger partial charge in [-0.15, -0.1) is 0 Å². The molecule has 0 aromatic heterocycles. The second-order valence-electron chi connectivity index (χ2n) is 6.39. The quantitative estimate of drug-likeness (QED) is 0.662. The average molecular weight is 365 g/mol. The Morgan fingerprint density at radius 3 is 2.44 bits per heavy atom. The number of aryl methyl sites for hydroxylation is 3. The molecule has 1 fully saturated rings. The number of nitrogens with zero attached hydrogens (tertiary/aromatic N) is 1. The summed E-state index contributed by atoms with van der Waals surface area (Å²) in [4.78, 5) is 14.5. The molecular formula is C18H28N4O2S. The van der Waals surface area contributed by atoms with E-state index in [1.165, 1.54) is 5.56 Å². The largest absolute Gasteiger partial charge is 0.379 e. The van der Waals surface area contributed by atoms with Gasteiger partial charge in [0, 0.05) is 31.9 Å². The Bertz CT molecular complexity index is 592. The zero-order valence-corrected chi connectivity index (χ0v) is 16.1. The first kappa shape index (κ1) is 19.6. The van der Waals surface area contributed by atoms with Gasteiger partial charge in [-0.2, -0.15) is 0 Å². The van der Waals surface area contributed by atoms with Gasteiger partial charge < -0.3 is 20.7 Å². The summed E-state index contributed by atoms with van der Waals surface area (Å²) in [6, 6.07) is 4.13. The van der Waals surface area contributed by atoms with E-state index in [1.54, 1.807) is 0 Å². The first-order valence-corrected chi connectivity index (χ1v) is 9.06. The fraction of sp³-hybridized carbons (Fsp3) is 0.556. The summed E-state index contributed by atoms with van der Waals surface area (Å²) in [5.41, 5.74) is 4.20. The van der Waals surface area contributed by atoms with Crippen LogP contribution in [-0.2, 0) is 9.53 Å². The van der Waals surface area contributed by atoms with Crippen LogP contribution in [0.3, 0.4) is 0 Å². The lowest BCUT2D eigenvalue weighted by Gasteiger charge is -2.26. The number of thiocarbonyl (C=S) groups is 1. The summed E-state index contributed by atoms with van der Waals surface area (Å²) < 4.78 is 5.32. The number of anilines is 1. The first-order valence-electron chi connectivity index (χ1n) is 8.65. The Kier molecular flexibility index (Phi) is 7.61. The van der Waals surface area contributed by atoms with E-state index in [0.717, 1.165) is 56.2 Å². The molecule has 1 amide bonds. The van der Waals surface area contributed by atoms with Crippen LogP contribution >= 0.6 is 12.2 Å². The van der Waals surface area contributed by atoms with Crippen molar-refractivity contribution in [2.75, 3.05) is 51.3 Å². The van der Waals surface area contributed by atoms with Crippen LogP contribution in [0.4, 0.5) is 5.69 Å². The molecule has 0 bridgehead atoms. The standard InChI is InChI=1S/C18H28N4O2S/c1-13-10-14(2)17(15(3)11-13)21-16(23)12-20-18(25)19-4-5-22-6-8-24-9-7-22/h10-11H,4-9,12H2,1-3H3,(H,21,23)(H2,19,20,25). The second kappa shape index (κ2) is 9.70. The molecule has 1 aliphatic rings. The molecule has 2 rings (SSSR count). The maximum atomic E-state index is 12.1. The van der Waals surface area contributed by atoms with Crippen LogP contribution < -0.4 is 16.0 Å². The van der Waals surface area contributed by atoms with Gasteiger partial charge in [-0.1, -0.05) is 17.7 Å². The third-order valence-electron chi connectivity index (χ3n) is 4.17. The highest BCUT2D eigenvalue weighted by molar-refractivity contribution is 7.80. The number of ether oxygens (including phenoxy) is 1. The summed E-state index contributed by atoms with van der Waals surface area (Å²) in [7, 11) is 0. The molecule has 6 nitrogen and oxygen atoms in total. The molecule has 1 aromatic rings. The molecule has 0 unspecified atom stereocenters. The summed E-state index contributed by atoms with van der Waals surface area (Å²) in [6.45, 7) is 11.4. The van der Waals surface area contributed by atoms with Gasteiger partial charge >= 0.3 is 0 Å². The molecule has 1 saturated heterocycles. The van der Waals surface area contributed by atoms with Crippen LogP contribution in [0.25, 0.3) is 0 Å². The number of hydrogen-bond donors (Lipinski definition) is 3. The van der Waals surface area contributed by atoms with Crippen molar-refractivity contribution in [2.45, 2.75) is 20.8 Å². The average Bonchev–Trinajstić information content (AvgIpc) is 2.57. The lowest BCUT2D eigenvalue weighted by Crippen LogP contribution is -2.45. The first-order chi connectivity index (χ1) is 12.0. The molecule has 0 saturated carbocycles. The van der Waals surface area contributed by atoms with Crippen LogP contribution in [0.1, 0.15) is 16.7 Å². The third kappa shape index (κ3) is 6.61. The molecule has 1 heterocycles. The maximum absolute atomic E-state index is 12.1. The van der Waals surface area contributed by atoms with Crippen molar-refractivity contribution in [2.24, 2.45) is 0 Å². The van der Waals surface area contributed by atoms with Gasteiger partial charge in [-0.05, 0) is 44.1 Å². The Balaban J connectivity index is 1.68. The van der Waals surface area contributed by atoms with E-state index < -0.39 is 0 Å². The molecule has 7 heteroatoms. The van der Waals surface area contributed by atoms with Crippen LogP contribution in [0, 0.1) is 20.8 Å². The highest BCUT2D eigenvalue weighted by Gasteiger charge is 2.11. The lowest BCUT2D eigenvalue weighted by molar-refractivity contribution is -0.115. The Morgan fingerprint density at radius 2 is 1.80 bits per heavy atom. The van der Waals surface area contributed by atoms with Crippen LogP contribution in [0.2, 0.25) is 0 Å². The SMILES string of the molecule is Cc1cc(C)c(NC(=O)CNC(=S)NCCN2CCOCC2)c(C)c1. The predicted molar refractivity (Wildman–Crippen MR) is 105 cm³/mol. The highest BCUT2D eigenvalue weighted by atomic mass is 32.1. The number of carbonyl (C=O) groups is 1. The summed E-state index contributed by atoms with van der Waals surface area (Å²) >= 11 is 5.23. The van der Waals surface area contributed by atoms with Crippen LogP contribution in [-0.4, -0.2) is 61.9 Å². The van der Waals surface area contributed by atoms with Crippen molar-refractivity contribution in [1.82, 2.24) is 15.5 Å². The van der Waals surface area contributed by atoms with Gasteiger partial charge in [0.1, 0.15) is 0 Å². The fourth-order valence-corrected chi connectivity index (χ4v) is 3.11. The minimum absolute atomic E-state index is 0.104. The van der Waals surface area contributed by atoms with E-state index in [4.69, 9.17) is 17.0 Å². The molecule has 3 N–H and O–H groups in total. The molecule has 0 aliphatic carbocycles. The van der Waals surface area contributed by atoms with Gasteiger partial charge in [0.15, 0.2) is 5.11 Å². The smallest absolute Gasteiger partial charge is 0.243 e. The molecular weight excluding hydrogens is 336 g/mol. The number of carbonyl (C=O) groups excluding carboxylic acids is 1. The van der Waals surface area contributed by atoms with Crippen LogP contribution in [0.5, 0.6) is 0 Å². The van der Waals surface area contributed by atoms with Crippen molar-refractivity contribution in [3.8, 4) is 0 Å². The number of amides is 1. The minimum Gasteiger partial charge on any atom is -0.379 e. The second-order valence-corrected chi connectivity index (χ2v) is 6.79. The summed E-state index contributed by atoms with van der Waals surface area (Å²) in [5.74, 6) is -0.104. The van der Waals surface area contributed by atoms with Gasteiger partial charge in [0.2, 0.25) is 5.91 Å². The molecule has 25 heavy (non-hydrogen) atoms. The maximum Gasteiger partial charge on any atom is 0.243 e. The fourth-order valence-electron chi connectivity index (χ4n) is 2.94. The minimum atomic E-state index is -0.104. The number of nitrogens with one attached hydrogen (secondary N) is 3. The third-order valence-corrected chi connectivity index (χ3v) is 4.46. The van der Waals surface area contributed by atoms with Gasteiger partial charge in [0.05, 0.1) is 19.8 Å². The van der Waals surface area contributed by atoms with E-state index in [9.17, 15) is 4.79 Å². The Labute approximate surface area is 155 Å². The number of rotatable bonds is 6. The topological polar surface area (TPSA) is 65.6 Å². The van der Waals surface area contributed by atoms with E-state index in [2.05, 4.69) is 33.0 Å². The molecule has 1 aliphatic heterocycles.